The van der Waals surface area contributed by atoms with Gasteiger partial charge in [-0.2, -0.15) is 5.26 Å². The van der Waals surface area contributed by atoms with Crippen molar-refractivity contribution in [1.29, 1.82) is 5.26 Å². The topological polar surface area (TPSA) is 75.5 Å². The summed E-state index contributed by atoms with van der Waals surface area (Å²) in [4.78, 5) is 17.9. The summed E-state index contributed by atoms with van der Waals surface area (Å²) in [6.45, 7) is 1.50. The molecule has 0 bridgehead atoms. The van der Waals surface area contributed by atoms with Crippen LogP contribution in [-0.4, -0.2) is 42.6 Å². The zero-order chi connectivity index (χ0) is 19.2. The summed E-state index contributed by atoms with van der Waals surface area (Å²) in [6.07, 6.45) is 4.21. The molecule has 1 saturated heterocycles. The van der Waals surface area contributed by atoms with E-state index in [9.17, 15) is 9.18 Å². The molecule has 2 aromatic rings. The first kappa shape index (κ1) is 18.6. The van der Waals surface area contributed by atoms with Crippen molar-refractivity contribution in [2.75, 3.05) is 26.8 Å². The van der Waals surface area contributed by atoms with Crippen molar-refractivity contribution in [1.82, 2.24) is 9.88 Å². The summed E-state index contributed by atoms with van der Waals surface area (Å²) >= 11 is 0. The Hall–Kier alpha value is -3.14. The lowest BCUT2D eigenvalue weighted by Crippen LogP contribution is -2.41. The largest absolute Gasteiger partial charge is 0.493 e. The number of carbonyl (C=O) groups is 1. The van der Waals surface area contributed by atoms with Gasteiger partial charge in [-0.15, -0.1) is 0 Å². The predicted molar refractivity (Wildman–Crippen MR) is 96.0 cm³/mol. The number of aromatic nitrogens is 1. The highest BCUT2D eigenvalue weighted by atomic mass is 19.1. The van der Waals surface area contributed by atoms with Crippen molar-refractivity contribution in [3.05, 3.63) is 53.6 Å². The summed E-state index contributed by atoms with van der Waals surface area (Å²) < 4.78 is 25.0. The Morgan fingerprint density at radius 2 is 2.26 bits per heavy atom. The number of carbonyl (C=O) groups excluding carboxylic acids is 1. The van der Waals surface area contributed by atoms with E-state index in [2.05, 4.69) is 11.1 Å². The van der Waals surface area contributed by atoms with Gasteiger partial charge in [-0.05, 0) is 31.0 Å². The van der Waals surface area contributed by atoms with Crippen LogP contribution in [0.25, 0.3) is 0 Å². The van der Waals surface area contributed by atoms with E-state index in [0.717, 1.165) is 19.0 Å². The van der Waals surface area contributed by atoms with Gasteiger partial charge in [0.15, 0.2) is 17.3 Å². The Kier molecular flexibility index (Phi) is 5.87. The van der Waals surface area contributed by atoms with Gasteiger partial charge in [0, 0.05) is 31.3 Å². The predicted octanol–water partition coefficient (Wildman–Crippen LogP) is 3.03. The molecule has 6 nitrogen and oxygen atoms in total. The van der Waals surface area contributed by atoms with Gasteiger partial charge in [-0.3, -0.25) is 9.78 Å². The van der Waals surface area contributed by atoms with Crippen LogP contribution < -0.4 is 9.47 Å². The minimum absolute atomic E-state index is 0.0420. The number of hydrogen-bond donors (Lipinski definition) is 0. The highest BCUT2D eigenvalue weighted by Crippen LogP contribution is 2.29. The smallest absolute Gasteiger partial charge is 0.256 e. The minimum atomic E-state index is -0.608. The van der Waals surface area contributed by atoms with Crippen LogP contribution in [0.2, 0.25) is 0 Å². The number of pyridine rings is 1. The molecule has 1 aliphatic rings. The number of likely N-dealkylation sites (tertiary alicyclic amines) is 1. The van der Waals surface area contributed by atoms with E-state index in [0.29, 0.717) is 36.8 Å². The second kappa shape index (κ2) is 8.49. The number of benzene rings is 1. The summed E-state index contributed by atoms with van der Waals surface area (Å²) in [5, 5.41) is 8.96. The van der Waals surface area contributed by atoms with Crippen LogP contribution >= 0.6 is 0 Å². The molecule has 1 fully saturated rings. The Morgan fingerprint density at radius 1 is 1.41 bits per heavy atom. The molecule has 0 N–H and O–H groups in total. The molecule has 1 aliphatic heterocycles. The summed E-state index contributed by atoms with van der Waals surface area (Å²) in [6, 6.07) is 8.45. The van der Waals surface area contributed by atoms with Gasteiger partial charge >= 0.3 is 0 Å². The molecule has 1 aromatic carbocycles. The van der Waals surface area contributed by atoms with Gasteiger partial charge in [0.25, 0.3) is 5.91 Å². The molecule has 1 atom stereocenters. The van der Waals surface area contributed by atoms with Gasteiger partial charge in [0.1, 0.15) is 0 Å². The zero-order valence-electron chi connectivity index (χ0n) is 15.0. The van der Waals surface area contributed by atoms with Crippen LogP contribution in [0.15, 0.2) is 36.7 Å². The molecule has 7 heteroatoms. The number of nitrogens with zero attached hydrogens (tertiary/aromatic N) is 3. The van der Waals surface area contributed by atoms with E-state index in [1.165, 1.54) is 19.4 Å². The first-order valence-electron chi connectivity index (χ1n) is 8.72. The van der Waals surface area contributed by atoms with Gasteiger partial charge in [0.05, 0.1) is 37.1 Å². The highest BCUT2D eigenvalue weighted by molar-refractivity contribution is 5.94. The zero-order valence-corrected chi connectivity index (χ0v) is 15.0. The standard InChI is InChI=1S/C20H20FN3O3/c1-26-19-9-14(10-22)4-5-18(19)27-13-15-3-2-8-24(12-15)20(25)16-6-7-23-11-17(16)21/h4-7,9,11,15H,2-3,8,12-13H2,1H3. The van der Waals surface area contributed by atoms with Crippen molar-refractivity contribution in [3.8, 4) is 17.6 Å². The number of methoxy groups -OCH3 is 1. The minimum Gasteiger partial charge on any atom is -0.493 e. The van der Waals surface area contributed by atoms with Crippen LogP contribution in [-0.2, 0) is 0 Å². The van der Waals surface area contributed by atoms with Crippen molar-refractivity contribution in [2.24, 2.45) is 5.92 Å². The van der Waals surface area contributed by atoms with Crippen LogP contribution in [0.5, 0.6) is 11.5 Å². The number of ether oxygens (including phenoxy) is 2. The first-order chi connectivity index (χ1) is 13.1. The van der Waals surface area contributed by atoms with Crippen LogP contribution in [0.3, 0.4) is 0 Å². The maximum absolute atomic E-state index is 13.8. The Labute approximate surface area is 157 Å². The number of hydrogen-bond acceptors (Lipinski definition) is 5. The monoisotopic (exact) mass is 369 g/mol. The molecule has 1 aromatic heterocycles. The highest BCUT2D eigenvalue weighted by Gasteiger charge is 2.26. The van der Waals surface area contributed by atoms with E-state index < -0.39 is 5.82 Å². The van der Waals surface area contributed by atoms with Gasteiger partial charge in [0.2, 0.25) is 0 Å². The van der Waals surface area contributed by atoms with E-state index in [4.69, 9.17) is 14.7 Å². The maximum atomic E-state index is 13.8. The number of amides is 1. The Balaban J connectivity index is 1.63. The Bertz CT molecular complexity index is 866. The fourth-order valence-corrected chi connectivity index (χ4v) is 3.17. The van der Waals surface area contributed by atoms with Gasteiger partial charge in [-0.25, -0.2) is 4.39 Å². The molecule has 0 aliphatic carbocycles. The van der Waals surface area contributed by atoms with Crippen LogP contribution in [0.1, 0.15) is 28.8 Å². The molecule has 0 spiro atoms. The number of piperidine rings is 1. The third-order valence-corrected chi connectivity index (χ3v) is 4.58. The molecule has 1 unspecified atom stereocenters. The molecule has 2 heterocycles. The molecule has 3 rings (SSSR count). The lowest BCUT2D eigenvalue weighted by Gasteiger charge is -2.32. The summed E-state index contributed by atoms with van der Waals surface area (Å²) in [5.41, 5.74) is 0.536. The van der Waals surface area contributed by atoms with Crippen molar-refractivity contribution in [2.45, 2.75) is 12.8 Å². The average molecular weight is 369 g/mol. The fraction of sp³-hybridized carbons (Fsp3) is 0.350. The molecule has 140 valence electrons. The third kappa shape index (κ3) is 4.34. The number of nitriles is 1. The summed E-state index contributed by atoms with van der Waals surface area (Å²) in [5.74, 6) is 0.253. The molecule has 0 saturated carbocycles. The van der Waals surface area contributed by atoms with Crippen molar-refractivity contribution >= 4 is 5.91 Å². The molecular formula is C20H20FN3O3. The molecule has 27 heavy (non-hydrogen) atoms. The summed E-state index contributed by atoms with van der Waals surface area (Å²) in [7, 11) is 1.52. The average Bonchev–Trinajstić information content (AvgIpc) is 2.72. The van der Waals surface area contributed by atoms with E-state index in [1.54, 1.807) is 23.1 Å². The molecule has 1 amide bonds. The third-order valence-electron chi connectivity index (χ3n) is 4.58. The van der Waals surface area contributed by atoms with Crippen LogP contribution in [0, 0.1) is 23.1 Å². The lowest BCUT2D eigenvalue weighted by atomic mass is 9.98. The quantitative estimate of drug-likeness (QED) is 0.810. The van der Waals surface area contributed by atoms with Crippen molar-refractivity contribution in [3.63, 3.8) is 0 Å². The van der Waals surface area contributed by atoms with E-state index >= 15 is 0 Å². The normalized spacial score (nSPS) is 16.5. The fourth-order valence-electron chi connectivity index (χ4n) is 3.17. The van der Waals surface area contributed by atoms with E-state index in [1.807, 2.05) is 0 Å². The number of halogens is 1. The molecular weight excluding hydrogens is 349 g/mol. The second-order valence-electron chi connectivity index (χ2n) is 6.40. The Morgan fingerprint density at radius 3 is 3.00 bits per heavy atom. The second-order valence-corrected chi connectivity index (χ2v) is 6.40. The number of rotatable bonds is 5. The van der Waals surface area contributed by atoms with Crippen LogP contribution in [0.4, 0.5) is 4.39 Å². The van der Waals surface area contributed by atoms with Gasteiger partial charge < -0.3 is 14.4 Å². The van der Waals surface area contributed by atoms with Crippen molar-refractivity contribution < 1.29 is 18.7 Å². The van der Waals surface area contributed by atoms with E-state index in [-0.39, 0.29) is 17.4 Å². The lowest BCUT2D eigenvalue weighted by molar-refractivity contribution is 0.0627. The maximum Gasteiger partial charge on any atom is 0.256 e. The first-order valence-corrected chi connectivity index (χ1v) is 8.72. The molecule has 0 radical (unpaired) electrons. The van der Waals surface area contributed by atoms with Gasteiger partial charge in [-0.1, -0.05) is 0 Å². The SMILES string of the molecule is COc1cc(C#N)ccc1OCC1CCCN(C(=O)c2ccncc2F)C1.